The van der Waals surface area contributed by atoms with Crippen molar-refractivity contribution in [2.24, 2.45) is 0 Å². The molecule has 3 heterocycles. The molecule has 5 nitrogen and oxygen atoms in total. The van der Waals surface area contributed by atoms with Crippen LogP contribution in [0.4, 0.5) is 5.95 Å². The Morgan fingerprint density at radius 1 is 1.28 bits per heavy atom. The molecular weight excluding hydrogens is 246 g/mol. The van der Waals surface area contributed by atoms with Gasteiger partial charge in [-0.15, -0.1) is 5.10 Å². The van der Waals surface area contributed by atoms with Crippen molar-refractivity contribution in [1.29, 1.82) is 0 Å². The molecule has 0 radical (unpaired) electrons. The van der Waals surface area contributed by atoms with E-state index in [9.17, 15) is 0 Å². The zero-order valence-corrected chi connectivity index (χ0v) is 11.6. The molecule has 0 bridgehead atoms. The molecule has 0 N–H and O–H groups in total. The lowest BCUT2D eigenvalue weighted by Crippen LogP contribution is -2.34. The zero-order chi connectivity index (χ0) is 12.5. The van der Waals surface area contributed by atoms with Gasteiger partial charge in [-0.2, -0.15) is 16.3 Å². The van der Waals surface area contributed by atoms with Gasteiger partial charge in [0.15, 0.2) is 11.5 Å². The van der Waals surface area contributed by atoms with Gasteiger partial charge in [0.25, 0.3) is 0 Å². The Morgan fingerprint density at radius 2 is 2.06 bits per heavy atom. The van der Waals surface area contributed by atoms with Crippen molar-refractivity contribution in [3.63, 3.8) is 0 Å². The summed E-state index contributed by atoms with van der Waals surface area (Å²) in [5, 5.41) is 4.54. The van der Waals surface area contributed by atoms with Crippen molar-refractivity contribution in [3.05, 3.63) is 17.6 Å². The maximum Gasteiger partial charge on any atom is 0.228 e. The standard InChI is InChI=1S/C12H17N5S/c1-3-10-14-11-8-9(2)13-12(17(11)15-10)16-4-6-18-7-5-16/h8H,3-7H2,1-2H3. The summed E-state index contributed by atoms with van der Waals surface area (Å²) in [7, 11) is 0. The van der Waals surface area contributed by atoms with E-state index in [1.54, 1.807) is 0 Å². The van der Waals surface area contributed by atoms with Crippen molar-refractivity contribution >= 4 is 23.4 Å². The van der Waals surface area contributed by atoms with Gasteiger partial charge in [-0.1, -0.05) is 6.92 Å². The minimum absolute atomic E-state index is 0.857. The molecule has 1 aliphatic rings. The first-order valence-electron chi connectivity index (χ1n) is 6.34. The summed E-state index contributed by atoms with van der Waals surface area (Å²) in [4.78, 5) is 11.5. The van der Waals surface area contributed by atoms with E-state index >= 15 is 0 Å². The molecule has 1 aliphatic heterocycles. The van der Waals surface area contributed by atoms with E-state index in [4.69, 9.17) is 0 Å². The van der Waals surface area contributed by atoms with Gasteiger partial charge in [0.1, 0.15) is 0 Å². The van der Waals surface area contributed by atoms with Gasteiger partial charge in [0.05, 0.1) is 0 Å². The second kappa shape index (κ2) is 4.76. The van der Waals surface area contributed by atoms with E-state index in [0.717, 1.165) is 54.1 Å². The summed E-state index contributed by atoms with van der Waals surface area (Å²) in [5.74, 6) is 4.14. The lowest BCUT2D eigenvalue weighted by molar-refractivity contribution is 0.761. The Bertz CT molecular complexity index is 559. The third-order valence-corrected chi connectivity index (χ3v) is 4.03. The van der Waals surface area contributed by atoms with Gasteiger partial charge < -0.3 is 4.90 Å². The Labute approximate surface area is 111 Å². The number of nitrogens with zero attached hydrogens (tertiary/aromatic N) is 5. The van der Waals surface area contributed by atoms with E-state index in [0.29, 0.717) is 0 Å². The van der Waals surface area contributed by atoms with Crippen molar-refractivity contribution in [2.45, 2.75) is 20.3 Å². The predicted octanol–water partition coefficient (Wildman–Crippen LogP) is 1.55. The third-order valence-electron chi connectivity index (χ3n) is 3.09. The molecule has 96 valence electrons. The van der Waals surface area contributed by atoms with Gasteiger partial charge in [0.2, 0.25) is 5.95 Å². The lowest BCUT2D eigenvalue weighted by atomic mass is 10.4. The van der Waals surface area contributed by atoms with Crippen molar-refractivity contribution in [2.75, 3.05) is 29.5 Å². The number of anilines is 1. The van der Waals surface area contributed by atoms with Crippen LogP contribution in [0, 0.1) is 6.92 Å². The summed E-state index contributed by atoms with van der Waals surface area (Å²) in [5.41, 5.74) is 1.92. The molecule has 2 aromatic heterocycles. The van der Waals surface area contributed by atoms with Crippen LogP contribution in [0.15, 0.2) is 6.07 Å². The number of fused-ring (bicyclic) bond motifs is 1. The number of thioether (sulfide) groups is 1. The molecule has 0 saturated carbocycles. The van der Waals surface area contributed by atoms with Crippen LogP contribution in [0.3, 0.4) is 0 Å². The van der Waals surface area contributed by atoms with Gasteiger partial charge in [-0.3, -0.25) is 0 Å². The molecule has 0 spiro atoms. The summed E-state index contributed by atoms with van der Waals surface area (Å²) < 4.78 is 1.89. The molecule has 3 rings (SSSR count). The average Bonchev–Trinajstić information content (AvgIpc) is 2.81. The predicted molar refractivity (Wildman–Crippen MR) is 74.4 cm³/mol. The van der Waals surface area contributed by atoms with Gasteiger partial charge in [0, 0.05) is 42.8 Å². The average molecular weight is 263 g/mol. The smallest absolute Gasteiger partial charge is 0.228 e. The molecule has 0 aliphatic carbocycles. The van der Waals surface area contributed by atoms with Crippen LogP contribution < -0.4 is 4.90 Å². The molecule has 1 saturated heterocycles. The monoisotopic (exact) mass is 263 g/mol. The summed E-state index contributed by atoms with van der Waals surface area (Å²) in [6.07, 6.45) is 0.857. The third kappa shape index (κ3) is 2.05. The molecule has 1 fully saturated rings. The van der Waals surface area contributed by atoms with E-state index in [-0.39, 0.29) is 0 Å². The van der Waals surface area contributed by atoms with E-state index in [1.165, 1.54) is 0 Å². The van der Waals surface area contributed by atoms with Crippen LogP contribution in [0.1, 0.15) is 18.4 Å². The summed E-state index contributed by atoms with van der Waals surface area (Å²) >= 11 is 2.00. The number of aryl methyl sites for hydroxylation is 2. The molecule has 0 amide bonds. The van der Waals surface area contributed by atoms with Crippen molar-refractivity contribution in [3.8, 4) is 0 Å². The van der Waals surface area contributed by atoms with Crippen molar-refractivity contribution < 1.29 is 0 Å². The highest BCUT2D eigenvalue weighted by atomic mass is 32.2. The van der Waals surface area contributed by atoms with Crippen LogP contribution in [-0.2, 0) is 6.42 Å². The van der Waals surface area contributed by atoms with Crippen LogP contribution in [-0.4, -0.2) is 44.2 Å². The van der Waals surface area contributed by atoms with E-state index in [2.05, 4.69) is 26.9 Å². The normalized spacial score (nSPS) is 16.4. The van der Waals surface area contributed by atoms with Crippen LogP contribution in [0.5, 0.6) is 0 Å². The fourth-order valence-electron chi connectivity index (χ4n) is 2.15. The Balaban J connectivity index is 2.10. The first-order chi connectivity index (χ1) is 8.78. The summed E-state index contributed by atoms with van der Waals surface area (Å²) in [6, 6.07) is 1.99. The highest BCUT2D eigenvalue weighted by Crippen LogP contribution is 2.19. The number of rotatable bonds is 2. The second-order valence-electron chi connectivity index (χ2n) is 4.45. The molecule has 2 aromatic rings. The SMILES string of the molecule is CCc1nc2cc(C)nc(N3CCSCC3)n2n1. The van der Waals surface area contributed by atoms with Gasteiger partial charge in [-0.25, -0.2) is 9.97 Å². The molecule has 18 heavy (non-hydrogen) atoms. The second-order valence-corrected chi connectivity index (χ2v) is 5.67. The minimum atomic E-state index is 0.857. The first kappa shape index (κ1) is 11.8. The largest absolute Gasteiger partial charge is 0.339 e. The maximum atomic E-state index is 4.65. The molecule has 0 unspecified atom stereocenters. The van der Waals surface area contributed by atoms with Crippen LogP contribution >= 0.6 is 11.8 Å². The number of hydrogen-bond acceptors (Lipinski definition) is 5. The molecular formula is C12H17N5S. The van der Waals surface area contributed by atoms with E-state index < -0.39 is 0 Å². The van der Waals surface area contributed by atoms with E-state index in [1.807, 2.05) is 29.3 Å². The quantitative estimate of drug-likeness (QED) is 0.822. The molecule has 0 aromatic carbocycles. The zero-order valence-electron chi connectivity index (χ0n) is 10.8. The lowest BCUT2D eigenvalue weighted by Gasteiger charge is -2.27. The molecule has 6 heteroatoms. The van der Waals surface area contributed by atoms with Gasteiger partial charge >= 0.3 is 0 Å². The fraction of sp³-hybridized carbons (Fsp3) is 0.583. The summed E-state index contributed by atoms with van der Waals surface area (Å²) in [6.45, 7) is 6.17. The highest BCUT2D eigenvalue weighted by molar-refractivity contribution is 7.99. The first-order valence-corrected chi connectivity index (χ1v) is 7.49. The Morgan fingerprint density at radius 3 is 2.78 bits per heavy atom. The Hall–Kier alpha value is -1.30. The molecule has 0 atom stereocenters. The number of aromatic nitrogens is 4. The Kier molecular flexibility index (Phi) is 3.11. The maximum absolute atomic E-state index is 4.65. The van der Waals surface area contributed by atoms with Gasteiger partial charge in [-0.05, 0) is 6.92 Å². The highest BCUT2D eigenvalue weighted by Gasteiger charge is 2.17. The minimum Gasteiger partial charge on any atom is -0.339 e. The number of hydrogen-bond donors (Lipinski definition) is 0. The van der Waals surface area contributed by atoms with Crippen LogP contribution in [0.25, 0.3) is 5.65 Å². The fourth-order valence-corrected chi connectivity index (χ4v) is 3.05. The topological polar surface area (TPSA) is 46.3 Å². The van der Waals surface area contributed by atoms with Crippen molar-refractivity contribution in [1.82, 2.24) is 19.6 Å². The van der Waals surface area contributed by atoms with Crippen LogP contribution in [0.2, 0.25) is 0 Å².